The van der Waals surface area contributed by atoms with Crippen molar-refractivity contribution in [3.63, 3.8) is 0 Å². The fourth-order valence-electron chi connectivity index (χ4n) is 2.87. The topological polar surface area (TPSA) is 29.9 Å². The Bertz CT molecular complexity index is 817. The Labute approximate surface area is 138 Å². The molecule has 2 aromatic heterocycles. The zero-order valence-corrected chi connectivity index (χ0v) is 13.8. The summed E-state index contributed by atoms with van der Waals surface area (Å²) in [5.74, 6) is 1.11. The Morgan fingerprint density at radius 1 is 1.23 bits per heavy atom. The van der Waals surface area contributed by atoms with Gasteiger partial charge in [-0.3, -0.25) is 0 Å². The second kappa shape index (κ2) is 5.45. The summed E-state index contributed by atoms with van der Waals surface area (Å²) in [7, 11) is 0. The number of anilines is 1. The third kappa shape index (κ3) is 2.23. The highest BCUT2D eigenvalue weighted by Crippen LogP contribution is 2.38. The normalized spacial score (nSPS) is 13.2. The van der Waals surface area contributed by atoms with Crippen molar-refractivity contribution in [2.45, 2.75) is 19.8 Å². The summed E-state index contributed by atoms with van der Waals surface area (Å²) in [5, 5.41) is 8.31. The van der Waals surface area contributed by atoms with Gasteiger partial charge in [0.2, 0.25) is 0 Å². The third-order valence-electron chi connectivity index (χ3n) is 4.05. The fourth-order valence-corrected chi connectivity index (χ4v) is 3.93. The number of nitrogens with one attached hydrogen (secondary N) is 1. The van der Waals surface area contributed by atoms with Crippen LogP contribution in [0.1, 0.15) is 18.1 Å². The number of nitrogens with zero attached hydrogens (tertiary/aromatic N) is 2. The molecule has 0 atom stereocenters. The Morgan fingerprint density at radius 2 is 2.05 bits per heavy atom. The van der Waals surface area contributed by atoms with Gasteiger partial charge in [-0.05, 0) is 42.7 Å². The second-order valence-electron chi connectivity index (χ2n) is 5.39. The molecular weight excluding hydrogens is 314 g/mol. The van der Waals surface area contributed by atoms with Crippen LogP contribution in [0.5, 0.6) is 0 Å². The van der Waals surface area contributed by atoms with Crippen LogP contribution in [0.4, 0.5) is 5.82 Å². The molecule has 5 heteroatoms. The summed E-state index contributed by atoms with van der Waals surface area (Å²) in [6.07, 6.45) is 2.06. The number of aromatic nitrogens is 2. The van der Waals surface area contributed by atoms with Gasteiger partial charge in [0.15, 0.2) is 0 Å². The number of aryl methyl sites for hydroxylation is 1. The molecule has 3 nitrogen and oxygen atoms in total. The number of rotatable bonds is 3. The van der Waals surface area contributed by atoms with E-state index in [0.29, 0.717) is 0 Å². The van der Waals surface area contributed by atoms with Crippen LogP contribution in [0.15, 0.2) is 36.4 Å². The van der Waals surface area contributed by atoms with E-state index in [-0.39, 0.29) is 0 Å². The van der Waals surface area contributed by atoms with E-state index in [0.717, 1.165) is 45.8 Å². The molecule has 3 heterocycles. The largest absolute Gasteiger partial charge is 0.369 e. The highest BCUT2D eigenvalue weighted by atomic mass is 35.5. The van der Waals surface area contributed by atoms with Gasteiger partial charge < -0.3 is 5.32 Å². The van der Waals surface area contributed by atoms with Crippen molar-refractivity contribution in [1.29, 1.82) is 0 Å². The minimum atomic E-state index is 0.802. The first-order valence-corrected chi connectivity index (χ1v) is 8.66. The molecule has 0 spiro atoms. The SMILES string of the molecule is CCc1ccc(-n2nc(-c3ccc(Cl)s3)c3c2NCC3)cc1. The number of benzene rings is 1. The fraction of sp³-hybridized carbons (Fsp3) is 0.235. The van der Waals surface area contributed by atoms with Gasteiger partial charge in [-0.25, -0.2) is 4.68 Å². The molecule has 0 unspecified atom stereocenters. The molecule has 1 aliphatic rings. The summed E-state index contributed by atoms with van der Waals surface area (Å²) in [4.78, 5) is 1.13. The average molecular weight is 330 g/mol. The van der Waals surface area contributed by atoms with Gasteiger partial charge in [0.25, 0.3) is 0 Å². The molecule has 0 fully saturated rings. The highest BCUT2D eigenvalue weighted by Gasteiger charge is 2.24. The first-order chi connectivity index (χ1) is 10.8. The number of hydrogen-bond acceptors (Lipinski definition) is 3. The van der Waals surface area contributed by atoms with Crippen molar-refractivity contribution in [2.75, 3.05) is 11.9 Å². The van der Waals surface area contributed by atoms with Gasteiger partial charge in [0.1, 0.15) is 11.5 Å². The standard InChI is InChI=1S/C17H16ClN3S/c1-2-11-3-5-12(6-4-11)21-17-13(9-10-19-17)16(20-21)14-7-8-15(18)22-14/h3-8,19H,2,9-10H2,1H3. The van der Waals surface area contributed by atoms with Crippen LogP contribution in [-0.2, 0) is 12.8 Å². The number of fused-ring (bicyclic) bond motifs is 1. The molecule has 0 amide bonds. The maximum Gasteiger partial charge on any atom is 0.133 e. The molecular formula is C17H16ClN3S. The predicted octanol–water partition coefficient (Wildman–Crippen LogP) is 4.78. The number of thiophene rings is 1. The lowest BCUT2D eigenvalue weighted by molar-refractivity contribution is 0.882. The summed E-state index contributed by atoms with van der Waals surface area (Å²) in [5.41, 5.74) is 4.78. The quantitative estimate of drug-likeness (QED) is 0.749. The molecule has 4 rings (SSSR count). The van der Waals surface area contributed by atoms with Crippen LogP contribution in [0.3, 0.4) is 0 Å². The maximum atomic E-state index is 6.09. The third-order valence-corrected chi connectivity index (χ3v) is 5.28. The Morgan fingerprint density at radius 3 is 2.73 bits per heavy atom. The van der Waals surface area contributed by atoms with Gasteiger partial charge in [-0.2, -0.15) is 5.10 Å². The van der Waals surface area contributed by atoms with E-state index in [1.54, 1.807) is 11.3 Å². The molecule has 1 N–H and O–H groups in total. The maximum absolute atomic E-state index is 6.09. The van der Waals surface area contributed by atoms with Crippen LogP contribution in [0.2, 0.25) is 4.34 Å². The molecule has 1 aromatic carbocycles. The zero-order valence-electron chi connectivity index (χ0n) is 12.3. The summed E-state index contributed by atoms with van der Waals surface area (Å²) >= 11 is 7.67. The second-order valence-corrected chi connectivity index (χ2v) is 7.10. The van der Waals surface area contributed by atoms with E-state index < -0.39 is 0 Å². The van der Waals surface area contributed by atoms with Gasteiger partial charge in [-0.1, -0.05) is 30.7 Å². The van der Waals surface area contributed by atoms with Crippen LogP contribution in [0.25, 0.3) is 16.3 Å². The van der Waals surface area contributed by atoms with E-state index in [2.05, 4.69) is 42.6 Å². The molecule has 0 saturated heterocycles. The van der Waals surface area contributed by atoms with Gasteiger partial charge in [0, 0.05) is 12.1 Å². The molecule has 1 aliphatic heterocycles. The van der Waals surface area contributed by atoms with Gasteiger partial charge >= 0.3 is 0 Å². The van der Waals surface area contributed by atoms with Crippen LogP contribution >= 0.6 is 22.9 Å². The number of hydrogen-bond donors (Lipinski definition) is 1. The molecule has 3 aromatic rings. The first-order valence-electron chi connectivity index (χ1n) is 7.47. The van der Waals surface area contributed by atoms with Crippen LogP contribution in [-0.4, -0.2) is 16.3 Å². The Kier molecular flexibility index (Phi) is 3.43. The van der Waals surface area contributed by atoms with Crippen molar-refractivity contribution < 1.29 is 0 Å². The van der Waals surface area contributed by atoms with Crippen molar-refractivity contribution in [1.82, 2.24) is 9.78 Å². The van der Waals surface area contributed by atoms with Crippen molar-refractivity contribution in [2.24, 2.45) is 0 Å². The molecule has 0 saturated carbocycles. The van der Waals surface area contributed by atoms with Gasteiger partial charge in [-0.15, -0.1) is 11.3 Å². The molecule has 22 heavy (non-hydrogen) atoms. The van der Waals surface area contributed by atoms with E-state index in [4.69, 9.17) is 16.7 Å². The van der Waals surface area contributed by atoms with E-state index in [9.17, 15) is 0 Å². The lowest BCUT2D eigenvalue weighted by Crippen LogP contribution is -2.04. The number of halogens is 1. The van der Waals surface area contributed by atoms with E-state index in [1.807, 2.05) is 10.7 Å². The summed E-state index contributed by atoms with van der Waals surface area (Å²) in [6, 6.07) is 12.6. The Hall–Kier alpha value is -1.78. The summed E-state index contributed by atoms with van der Waals surface area (Å²) < 4.78 is 2.82. The lowest BCUT2D eigenvalue weighted by atomic mass is 10.1. The van der Waals surface area contributed by atoms with Crippen LogP contribution < -0.4 is 5.32 Å². The van der Waals surface area contributed by atoms with E-state index in [1.165, 1.54) is 11.1 Å². The summed E-state index contributed by atoms with van der Waals surface area (Å²) in [6.45, 7) is 3.13. The minimum absolute atomic E-state index is 0.802. The Balaban J connectivity index is 1.83. The molecule has 0 aliphatic carbocycles. The smallest absolute Gasteiger partial charge is 0.133 e. The zero-order chi connectivity index (χ0) is 15.1. The molecule has 0 bridgehead atoms. The van der Waals surface area contributed by atoms with Gasteiger partial charge in [0.05, 0.1) is 14.9 Å². The van der Waals surface area contributed by atoms with Crippen molar-refractivity contribution >= 4 is 28.8 Å². The lowest BCUT2D eigenvalue weighted by Gasteiger charge is -2.07. The average Bonchev–Trinajstić information content (AvgIpc) is 3.23. The molecule has 0 radical (unpaired) electrons. The van der Waals surface area contributed by atoms with Crippen LogP contribution in [0, 0.1) is 0 Å². The van der Waals surface area contributed by atoms with Crippen molar-refractivity contribution in [3.8, 4) is 16.3 Å². The first kappa shape index (κ1) is 13.9. The van der Waals surface area contributed by atoms with Crippen molar-refractivity contribution in [3.05, 3.63) is 51.9 Å². The predicted molar refractivity (Wildman–Crippen MR) is 93.5 cm³/mol. The molecule has 112 valence electrons. The minimum Gasteiger partial charge on any atom is -0.369 e. The van der Waals surface area contributed by atoms with E-state index >= 15 is 0 Å². The highest BCUT2D eigenvalue weighted by molar-refractivity contribution is 7.19. The monoisotopic (exact) mass is 329 g/mol.